The molecule has 1 fully saturated rings. The molecule has 2 atom stereocenters. The van der Waals surface area contributed by atoms with E-state index in [4.69, 9.17) is 13.9 Å². The lowest BCUT2D eigenvalue weighted by Gasteiger charge is -2.28. The van der Waals surface area contributed by atoms with Crippen LogP contribution in [-0.2, 0) is 16.1 Å². The highest BCUT2D eigenvalue weighted by Crippen LogP contribution is 2.06. The van der Waals surface area contributed by atoms with Gasteiger partial charge in [0.15, 0.2) is 0 Å². The largest absolute Gasteiger partial charge is 0.467 e. The van der Waals surface area contributed by atoms with Crippen LogP contribution in [0.25, 0.3) is 0 Å². The summed E-state index contributed by atoms with van der Waals surface area (Å²) in [5.41, 5.74) is 0. The first kappa shape index (κ1) is 10.7. The van der Waals surface area contributed by atoms with E-state index in [2.05, 4.69) is 12.2 Å². The van der Waals surface area contributed by atoms with Crippen LogP contribution in [0.4, 0.5) is 0 Å². The number of rotatable bonds is 4. The molecule has 2 unspecified atom stereocenters. The second-order valence-corrected chi connectivity index (χ2v) is 3.82. The molecule has 2 heterocycles. The molecule has 0 bridgehead atoms. The van der Waals surface area contributed by atoms with Crippen LogP contribution >= 0.6 is 0 Å². The Morgan fingerprint density at radius 2 is 2.47 bits per heavy atom. The zero-order valence-electron chi connectivity index (χ0n) is 8.94. The Kier molecular flexibility index (Phi) is 3.77. The Balaban J connectivity index is 1.65. The molecule has 0 amide bonds. The van der Waals surface area contributed by atoms with Crippen molar-refractivity contribution in [2.75, 3.05) is 19.7 Å². The first-order valence-electron chi connectivity index (χ1n) is 5.31. The first-order chi connectivity index (χ1) is 7.34. The molecule has 0 spiro atoms. The highest BCUT2D eigenvalue weighted by atomic mass is 16.5. The zero-order chi connectivity index (χ0) is 10.5. The molecule has 1 aromatic heterocycles. The van der Waals surface area contributed by atoms with E-state index in [0.717, 1.165) is 18.8 Å². The third-order valence-corrected chi connectivity index (χ3v) is 2.36. The maximum atomic E-state index is 5.69. The van der Waals surface area contributed by atoms with Gasteiger partial charge in [0, 0.05) is 13.1 Å². The lowest BCUT2D eigenvalue weighted by molar-refractivity contribution is -0.0733. The fraction of sp³-hybridized carbons (Fsp3) is 0.636. The van der Waals surface area contributed by atoms with Gasteiger partial charge in [0.05, 0.1) is 25.1 Å². The van der Waals surface area contributed by atoms with E-state index in [1.54, 1.807) is 6.26 Å². The van der Waals surface area contributed by atoms with Gasteiger partial charge in [-0.2, -0.15) is 0 Å². The highest BCUT2D eigenvalue weighted by molar-refractivity contribution is 4.96. The standard InChI is InChI=1S/C11H17NO3/c1-9-5-12-6-11(15-9)8-13-7-10-3-2-4-14-10/h2-4,9,11-12H,5-8H2,1H3. The molecule has 4 nitrogen and oxygen atoms in total. The number of furan rings is 1. The van der Waals surface area contributed by atoms with Crippen molar-refractivity contribution in [2.45, 2.75) is 25.7 Å². The van der Waals surface area contributed by atoms with Gasteiger partial charge in [0.1, 0.15) is 12.4 Å². The maximum absolute atomic E-state index is 5.69. The van der Waals surface area contributed by atoms with Crippen molar-refractivity contribution in [3.05, 3.63) is 24.2 Å². The fourth-order valence-electron chi connectivity index (χ4n) is 1.66. The van der Waals surface area contributed by atoms with Gasteiger partial charge in [0.2, 0.25) is 0 Å². The van der Waals surface area contributed by atoms with Crippen molar-refractivity contribution < 1.29 is 13.9 Å². The molecular formula is C11H17NO3. The molecule has 1 aliphatic rings. The van der Waals surface area contributed by atoms with Crippen molar-refractivity contribution in [1.29, 1.82) is 0 Å². The zero-order valence-corrected chi connectivity index (χ0v) is 8.94. The van der Waals surface area contributed by atoms with E-state index in [1.165, 1.54) is 0 Å². The highest BCUT2D eigenvalue weighted by Gasteiger charge is 2.18. The van der Waals surface area contributed by atoms with Crippen LogP contribution in [0.1, 0.15) is 12.7 Å². The van der Waals surface area contributed by atoms with E-state index >= 15 is 0 Å². The molecule has 84 valence electrons. The minimum absolute atomic E-state index is 0.156. The molecule has 1 saturated heterocycles. The molecule has 15 heavy (non-hydrogen) atoms. The minimum Gasteiger partial charge on any atom is -0.467 e. The molecule has 1 aromatic rings. The van der Waals surface area contributed by atoms with E-state index in [-0.39, 0.29) is 12.2 Å². The second kappa shape index (κ2) is 5.30. The smallest absolute Gasteiger partial charge is 0.129 e. The predicted octanol–water partition coefficient (Wildman–Crippen LogP) is 1.17. The summed E-state index contributed by atoms with van der Waals surface area (Å²) in [7, 11) is 0. The van der Waals surface area contributed by atoms with Crippen LogP contribution in [0.15, 0.2) is 22.8 Å². The SMILES string of the molecule is CC1CNCC(COCc2ccco2)O1. The third-order valence-electron chi connectivity index (χ3n) is 2.36. The normalized spacial score (nSPS) is 26.7. The van der Waals surface area contributed by atoms with Gasteiger partial charge in [0.25, 0.3) is 0 Å². The van der Waals surface area contributed by atoms with Gasteiger partial charge in [-0.05, 0) is 19.1 Å². The third kappa shape index (κ3) is 3.34. The van der Waals surface area contributed by atoms with Gasteiger partial charge in [-0.3, -0.25) is 0 Å². The molecular weight excluding hydrogens is 194 g/mol. The molecule has 0 saturated carbocycles. The summed E-state index contributed by atoms with van der Waals surface area (Å²) in [6, 6.07) is 3.77. The quantitative estimate of drug-likeness (QED) is 0.812. The van der Waals surface area contributed by atoms with E-state index < -0.39 is 0 Å². The average molecular weight is 211 g/mol. The monoisotopic (exact) mass is 211 g/mol. The van der Waals surface area contributed by atoms with Crippen molar-refractivity contribution >= 4 is 0 Å². The molecule has 0 aromatic carbocycles. The van der Waals surface area contributed by atoms with E-state index in [0.29, 0.717) is 13.2 Å². The molecule has 2 rings (SSSR count). The lowest BCUT2D eigenvalue weighted by atomic mass is 10.2. The Morgan fingerprint density at radius 1 is 1.53 bits per heavy atom. The molecule has 1 N–H and O–H groups in total. The average Bonchev–Trinajstić information content (AvgIpc) is 2.71. The minimum atomic E-state index is 0.156. The van der Waals surface area contributed by atoms with Gasteiger partial charge in [-0.15, -0.1) is 0 Å². The van der Waals surface area contributed by atoms with Gasteiger partial charge >= 0.3 is 0 Å². The number of nitrogens with one attached hydrogen (secondary N) is 1. The summed E-state index contributed by atoms with van der Waals surface area (Å²) >= 11 is 0. The number of hydrogen-bond donors (Lipinski definition) is 1. The van der Waals surface area contributed by atoms with Crippen LogP contribution in [0, 0.1) is 0 Å². The Hall–Kier alpha value is -0.840. The van der Waals surface area contributed by atoms with Crippen LogP contribution < -0.4 is 5.32 Å². The molecule has 4 heteroatoms. The first-order valence-corrected chi connectivity index (χ1v) is 5.31. The van der Waals surface area contributed by atoms with Crippen LogP contribution in [0.2, 0.25) is 0 Å². The van der Waals surface area contributed by atoms with E-state index in [9.17, 15) is 0 Å². The number of hydrogen-bond acceptors (Lipinski definition) is 4. The van der Waals surface area contributed by atoms with Gasteiger partial charge < -0.3 is 19.2 Å². The second-order valence-electron chi connectivity index (χ2n) is 3.82. The predicted molar refractivity (Wildman–Crippen MR) is 55.6 cm³/mol. The Morgan fingerprint density at radius 3 is 3.20 bits per heavy atom. The summed E-state index contributed by atoms with van der Waals surface area (Å²) < 4.78 is 16.4. The topological polar surface area (TPSA) is 43.6 Å². The number of morpholine rings is 1. The Bertz CT molecular complexity index is 273. The van der Waals surface area contributed by atoms with Crippen molar-refractivity contribution in [3.8, 4) is 0 Å². The van der Waals surface area contributed by atoms with Crippen LogP contribution in [-0.4, -0.2) is 31.9 Å². The molecule has 1 aliphatic heterocycles. The summed E-state index contributed by atoms with van der Waals surface area (Å²) in [6.07, 6.45) is 2.08. The van der Waals surface area contributed by atoms with Crippen LogP contribution in [0.5, 0.6) is 0 Å². The van der Waals surface area contributed by atoms with Crippen LogP contribution in [0.3, 0.4) is 0 Å². The van der Waals surface area contributed by atoms with Gasteiger partial charge in [-0.25, -0.2) is 0 Å². The van der Waals surface area contributed by atoms with Crippen molar-refractivity contribution in [3.63, 3.8) is 0 Å². The summed E-state index contributed by atoms with van der Waals surface area (Å²) in [4.78, 5) is 0. The van der Waals surface area contributed by atoms with Gasteiger partial charge in [-0.1, -0.05) is 0 Å². The molecule has 0 aliphatic carbocycles. The number of ether oxygens (including phenoxy) is 2. The van der Waals surface area contributed by atoms with Crippen molar-refractivity contribution in [1.82, 2.24) is 5.32 Å². The lowest BCUT2D eigenvalue weighted by Crippen LogP contribution is -2.45. The fourth-order valence-corrected chi connectivity index (χ4v) is 1.66. The summed E-state index contributed by atoms with van der Waals surface area (Å²) in [5.74, 6) is 0.854. The van der Waals surface area contributed by atoms with Crippen molar-refractivity contribution in [2.24, 2.45) is 0 Å². The summed E-state index contributed by atoms with van der Waals surface area (Å²) in [5, 5.41) is 3.30. The summed E-state index contributed by atoms with van der Waals surface area (Å²) in [6.45, 7) is 4.97. The Labute approximate surface area is 89.6 Å². The maximum Gasteiger partial charge on any atom is 0.129 e. The van der Waals surface area contributed by atoms with E-state index in [1.807, 2.05) is 12.1 Å². The molecule has 0 radical (unpaired) electrons.